The van der Waals surface area contributed by atoms with E-state index in [4.69, 9.17) is 9.47 Å². The van der Waals surface area contributed by atoms with E-state index >= 15 is 0 Å². The van der Waals surface area contributed by atoms with Crippen LogP contribution in [0, 0.1) is 0 Å². The van der Waals surface area contributed by atoms with Crippen LogP contribution in [0.4, 0.5) is 0 Å². The number of hydrogen-bond donors (Lipinski definition) is 1. The van der Waals surface area contributed by atoms with Crippen molar-refractivity contribution in [1.82, 2.24) is 9.97 Å². The first kappa shape index (κ1) is 12.2. The fraction of sp³-hybridized carbons (Fsp3) is 0.429. The van der Waals surface area contributed by atoms with E-state index in [0.29, 0.717) is 17.2 Å². The van der Waals surface area contributed by atoms with Gasteiger partial charge in [-0.15, -0.1) is 0 Å². The number of aromatic nitrogens is 2. The van der Waals surface area contributed by atoms with Gasteiger partial charge >= 0.3 is 0 Å². The third-order valence-corrected chi connectivity index (χ3v) is 3.61. The fourth-order valence-corrected chi connectivity index (χ4v) is 2.64. The molecule has 0 saturated carbocycles. The number of methoxy groups -OCH3 is 1. The summed E-state index contributed by atoms with van der Waals surface area (Å²) in [6, 6.07) is 3.94. The van der Waals surface area contributed by atoms with Gasteiger partial charge in [-0.25, -0.2) is 4.98 Å². The Morgan fingerprint density at radius 1 is 1.37 bits per heavy atom. The van der Waals surface area contributed by atoms with E-state index in [2.05, 4.69) is 9.97 Å². The molecule has 1 saturated heterocycles. The first-order chi connectivity index (χ1) is 9.29. The smallest absolute Gasteiger partial charge is 0.266 e. The second kappa shape index (κ2) is 5.01. The number of fused-ring (bicyclic) bond motifs is 1. The van der Waals surface area contributed by atoms with Gasteiger partial charge in [0, 0.05) is 13.2 Å². The number of nitrogens with zero attached hydrogens (tertiary/aromatic N) is 1. The maximum Gasteiger partial charge on any atom is 0.266 e. The first-order valence-electron chi connectivity index (χ1n) is 6.43. The topological polar surface area (TPSA) is 64.2 Å². The summed E-state index contributed by atoms with van der Waals surface area (Å²) < 4.78 is 10.7. The maximum atomic E-state index is 11.4. The molecular formula is C14H16N2O3. The molecule has 1 aromatic heterocycles. The molecule has 100 valence electrons. The average Bonchev–Trinajstić information content (AvgIpc) is 2.47. The van der Waals surface area contributed by atoms with Crippen LogP contribution in [0.3, 0.4) is 0 Å². The highest BCUT2D eigenvalue weighted by atomic mass is 16.5. The summed E-state index contributed by atoms with van der Waals surface area (Å²) in [4.78, 5) is 18.6. The SMILES string of the molecule is COc1ccc(C2CCOCC2)c2ncc(=O)[nH]c12. The highest BCUT2D eigenvalue weighted by Gasteiger charge is 2.20. The highest BCUT2D eigenvalue weighted by Crippen LogP contribution is 2.33. The van der Waals surface area contributed by atoms with Crippen LogP contribution >= 0.6 is 0 Å². The summed E-state index contributed by atoms with van der Waals surface area (Å²) in [6.07, 6.45) is 3.30. The number of benzene rings is 1. The average molecular weight is 260 g/mol. The fourth-order valence-electron chi connectivity index (χ4n) is 2.64. The van der Waals surface area contributed by atoms with E-state index in [1.165, 1.54) is 6.20 Å². The number of H-pyrrole nitrogens is 1. The summed E-state index contributed by atoms with van der Waals surface area (Å²) in [5.41, 5.74) is 2.45. The minimum atomic E-state index is -0.213. The van der Waals surface area contributed by atoms with E-state index in [0.717, 1.165) is 37.1 Å². The monoisotopic (exact) mass is 260 g/mol. The molecule has 0 spiro atoms. The van der Waals surface area contributed by atoms with Crippen LogP contribution in [0.1, 0.15) is 24.3 Å². The zero-order chi connectivity index (χ0) is 13.2. The predicted molar refractivity (Wildman–Crippen MR) is 71.7 cm³/mol. The Morgan fingerprint density at radius 2 is 2.16 bits per heavy atom. The number of rotatable bonds is 2. The predicted octanol–water partition coefficient (Wildman–Crippen LogP) is 1.83. The quantitative estimate of drug-likeness (QED) is 0.894. The highest BCUT2D eigenvalue weighted by molar-refractivity contribution is 5.84. The van der Waals surface area contributed by atoms with Gasteiger partial charge in [0.2, 0.25) is 0 Å². The summed E-state index contributed by atoms with van der Waals surface area (Å²) >= 11 is 0. The van der Waals surface area contributed by atoms with Crippen molar-refractivity contribution in [1.29, 1.82) is 0 Å². The van der Waals surface area contributed by atoms with Gasteiger partial charge in [0.05, 0.1) is 18.8 Å². The maximum absolute atomic E-state index is 11.4. The Labute approximate surface area is 110 Å². The molecule has 2 aromatic rings. The minimum absolute atomic E-state index is 0.213. The lowest BCUT2D eigenvalue weighted by molar-refractivity contribution is 0.0855. The van der Waals surface area contributed by atoms with E-state index < -0.39 is 0 Å². The molecule has 1 N–H and O–H groups in total. The zero-order valence-electron chi connectivity index (χ0n) is 10.8. The van der Waals surface area contributed by atoms with Crippen LogP contribution in [0.25, 0.3) is 11.0 Å². The molecule has 1 aliphatic rings. The summed E-state index contributed by atoms with van der Waals surface area (Å²) in [5, 5.41) is 0. The molecule has 19 heavy (non-hydrogen) atoms. The molecule has 1 fully saturated rings. The van der Waals surface area contributed by atoms with Crippen LogP contribution in [0.15, 0.2) is 23.1 Å². The Hall–Kier alpha value is -1.88. The molecular weight excluding hydrogens is 244 g/mol. The van der Waals surface area contributed by atoms with Crippen molar-refractivity contribution in [3.63, 3.8) is 0 Å². The van der Waals surface area contributed by atoms with Crippen LogP contribution in [-0.4, -0.2) is 30.3 Å². The van der Waals surface area contributed by atoms with E-state index in [9.17, 15) is 4.79 Å². The third-order valence-electron chi connectivity index (χ3n) is 3.61. The van der Waals surface area contributed by atoms with E-state index in [-0.39, 0.29) is 5.56 Å². The van der Waals surface area contributed by atoms with Crippen molar-refractivity contribution in [2.75, 3.05) is 20.3 Å². The molecule has 5 nitrogen and oxygen atoms in total. The normalized spacial score (nSPS) is 16.7. The molecule has 3 rings (SSSR count). The number of hydrogen-bond acceptors (Lipinski definition) is 4. The van der Waals surface area contributed by atoms with Gasteiger partial charge < -0.3 is 14.5 Å². The second-order valence-electron chi connectivity index (χ2n) is 4.71. The number of aromatic amines is 1. The van der Waals surface area contributed by atoms with Gasteiger partial charge in [-0.05, 0) is 30.4 Å². The van der Waals surface area contributed by atoms with Crippen LogP contribution in [0.2, 0.25) is 0 Å². The van der Waals surface area contributed by atoms with Gasteiger partial charge in [-0.3, -0.25) is 4.79 Å². The van der Waals surface area contributed by atoms with E-state index in [1.54, 1.807) is 7.11 Å². The lowest BCUT2D eigenvalue weighted by atomic mass is 9.90. The third kappa shape index (κ3) is 2.21. The molecule has 0 aliphatic carbocycles. The van der Waals surface area contributed by atoms with Crippen molar-refractivity contribution >= 4 is 11.0 Å². The largest absolute Gasteiger partial charge is 0.494 e. The first-order valence-corrected chi connectivity index (χ1v) is 6.43. The van der Waals surface area contributed by atoms with Crippen molar-refractivity contribution in [3.05, 3.63) is 34.2 Å². The van der Waals surface area contributed by atoms with Crippen molar-refractivity contribution in [2.24, 2.45) is 0 Å². The van der Waals surface area contributed by atoms with Gasteiger partial charge in [-0.2, -0.15) is 0 Å². The minimum Gasteiger partial charge on any atom is -0.494 e. The Bertz CT molecular complexity index is 645. The van der Waals surface area contributed by atoms with Crippen LogP contribution < -0.4 is 10.3 Å². The Kier molecular flexibility index (Phi) is 3.21. The molecule has 0 radical (unpaired) electrons. The van der Waals surface area contributed by atoms with Gasteiger partial charge in [0.25, 0.3) is 5.56 Å². The molecule has 0 unspecified atom stereocenters. The number of nitrogens with one attached hydrogen (secondary N) is 1. The lowest BCUT2D eigenvalue weighted by Crippen LogP contribution is -2.15. The summed E-state index contributed by atoms with van der Waals surface area (Å²) in [7, 11) is 1.59. The Morgan fingerprint density at radius 3 is 2.89 bits per heavy atom. The van der Waals surface area contributed by atoms with Crippen molar-refractivity contribution in [2.45, 2.75) is 18.8 Å². The standard InChI is InChI=1S/C14H16N2O3/c1-18-11-3-2-10(9-4-6-19-7-5-9)13-14(11)16-12(17)8-15-13/h2-3,8-9H,4-7H2,1H3,(H,16,17). The van der Waals surface area contributed by atoms with Gasteiger partial charge in [0.1, 0.15) is 11.3 Å². The van der Waals surface area contributed by atoms with Crippen molar-refractivity contribution < 1.29 is 9.47 Å². The lowest BCUT2D eigenvalue weighted by Gasteiger charge is -2.23. The van der Waals surface area contributed by atoms with Crippen LogP contribution in [0.5, 0.6) is 5.75 Å². The second-order valence-corrected chi connectivity index (χ2v) is 4.71. The molecule has 2 heterocycles. The summed E-state index contributed by atoms with van der Waals surface area (Å²) in [5.74, 6) is 1.08. The zero-order valence-corrected chi connectivity index (χ0v) is 10.8. The van der Waals surface area contributed by atoms with Crippen molar-refractivity contribution in [3.8, 4) is 5.75 Å². The van der Waals surface area contributed by atoms with Gasteiger partial charge in [-0.1, -0.05) is 6.07 Å². The molecule has 1 aliphatic heterocycles. The van der Waals surface area contributed by atoms with Gasteiger partial charge in [0.15, 0.2) is 0 Å². The summed E-state index contributed by atoms with van der Waals surface area (Å²) in [6.45, 7) is 1.56. The number of ether oxygens (including phenoxy) is 2. The molecule has 0 atom stereocenters. The molecule has 0 bridgehead atoms. The Balaban J connectivity index is 2.17. The molecule has 1 aromatic carbocycles. The van der Waals surface area contributed by atoms with E-state index in [1.807, 2.05) is 12.1 Å². The molecule has 5 heteroatoms. The molecule has 0 amide bonds. The van der Waals surface area contributed by atoms with Crippen LogP contribution in [-0.2, 0) is 4.74 Å².